The molecule has 1 aliphatic rings. The van der Waals surface area contributed by atoms with E-state index in [-0.39, 0.29) is 11.9 Å². The van der Waals surface area contributed by atoms with Crippen LogP contribution in [-0.2, 0) is 7.05 Å². The molecule has 3 heterocycles. The fourth-order valence-electron chi connectivity index (χ4n) is 3.60. The Balaban J connectivity index is 1.82. The summed E-state index contributed by atoms with van der Waals surface area (Å²) in [5, 5.41) is 12.2. The van der Waals surface area contributed by atoms with Gasteiger partial charge in [-0.05, 0) is 32.8 Å². The molecule has 1 fully saturated rings. The van der Waals surface area contributed by atoms with Crippen molar-refractivity contribution in [3.8, 4) is 11.3 Å². The van der Waals surface area contributed by atoms with E-state index in [1.807, 2.05) is 33.2 Å². The molecule has 0 aromatic carbocycles. The lowest BCUT2D eigenvalue weighted by Crippen LogP contribution is -2.32. The van der Waals surface area contributed by atoms with Gasteiger partial charge in [-0.15, -0.1) is 0 Å². The summed E-state index contributed by atoms with van der Waals surface area (Å²) in [7, 11) is 1.86. The third-order valence-corrected chi connectivity index (χ3v) is 4.84. The quantitative estimate of drug-likeness (QED) is 0.793. The number of hydrogen-bond acceptors (Lipinski definition) is 5. The van der Waals surface area contributed by atoms with Gasteiger partial charge < -0.3 is 9.84 Å². The van der Waals surface area contributed by atoms with Crippen molar-refractivity contribution in [1.82, 2.24) is 25.2 Å². The molecule has 0 atom stereocenters. The van der Waals surface area contributed by atoms with Crippen molar-refractivity contribution < 1.29 is 9.32 Å². The Morgan fingerprint density at radius 1 is 1.28 bits per heavy atom. The van der Waals surface area contributed by atoms with Crippen molar-refractivity contribution in [1.29, 1.82) is 0 Å². The van der Waals surface area contributed by atoms with Gasteiger partial charge in [-0.1, -0.05) is 18.0 Å². The first-order valence-electron chi connectivity index (χ1n) is 8.61. The van der Waals surface area contributed by atoms with Crippen molar-refractivity contribution in [2.75, 3.05) is 0 Å². The van der Waals surface area contributed by atoms with Crippen LogP contribution in [0, 0.1) is 13.8 Å². The maximum absolute atomic E-state index is 12.9. The van der Waals surface area contributed by atoms with E-state index in [9.17, 15) is 4.79 Å². The molecule has 0 saturated heterocycles. The van der Waals surface area contributed by atoms with Gasteiger partial charge in [0.2, 0.25) is 0 Å². The van der Waals surface area contributed by atoms with Crippen LogP contribution >= 0.6 is 0 Å². The molecule has 4 rings (SSSR count). The van der Waals surface area contributed by atoms with Gasteiger partial charge in [-0.3, -0.25) is 9.48 Å². The van der Waals surface area contributed by atoms with Crippen molar-refractivity contribution in [3.05, 3.63) is 29.2 Å². The van der Waals surface area contributed by atoms with Gasteiger partial charge in [0.1, 0.15) is 0 Å². The lowest BCUT2D eigenvalue weighted by atomic mass is 10.1. The van der Waals surface area contributed by atoms with E-state index < -0.39 is 0 Å². The molecule has 0 spiro atoms. The summed E-state index contributed by atoms with van der Waals surface area (Å²) >= 11 is 0. The molecule has 0 aliphatic heterocycles. The highest BCUT2D eigenvalue weighted by Gasteiger charge is 2.23. The smallest absolute Gasteiger partial charge is 0.259 e. The third kappa shape index (κ3) is 2.79. The lowest BCUT2D eigenvalue weighted by Gasteiger charge is -2.13. The summed E-state index contributed by atoms with van der Waals surface area (Å²) in [6, 6.07) is 2.07. The van der Waals surface area contributed by atoms with Gasteiger partial charge in [0.15, 0.2) is 0 Å². The van der Waals surface area contributed by atoms with Gasteiger partial charge in [0.05, 0.1) is 28.0 Å². The highest BCUT2D eigenvalue weighted by molar-refractivity contribution is 6.07. The Bertz CT molecular complexity index is 950. The summed E-state index contributed by atoms with van der Waals surface area (Å²) in [5.74, 6) is -0.0895. The number of aryl methyl sites for hydroxylation is 3. The lowest BCUT2D eigenvalue weighted by molar-refractivity contribution is 0.0939. The SMILES string of the molecule is Cc1nn(C)cc1-c1cc(C(=O)NC2CCCC2)c2c(C)noc2n1. The van der Waals surface area contributed by atoms with Crippen LogP contribution in [0.2, 0.25) is 0 Å². The molecule has 1 amide bonds. The molecule has 7 nitrogen and oxygen atoms in total. The van der Waals surface area contributed by atoms with Gasteiger partial charge >= 0.3 is 0 Å². The molecule has 0 radical (unpaired) electrons. The molecule has 7 heteroatoms. The van der Waals surface area contributed by atoms with Gasteiger partial charge in [-0.25, -0.2) is 4.98 Å². The van der Waals surface area contributed by atoms with Gasteiger partial charge in [-0.2, -0.15) is 5.10 Å². The van der Waals surface area contributed by atoms with Gasteiger partial charge in [0.25, 0.3) is 11.6 Å². The molecule has 130 valence electrons. The van der Waals surface area contributed by atoms with Crippen LogP contribution in [0.15, 0.2) is 16.8 Å². The second-order valence-electron chi connectivity index (χ2n) is 6.76. The third-order valence-electron chi connectivity index (χ3n) is 4.84. The van der Waals surface area contributed by atoms with Crippen LogP contribution in [-0.4, -0.2) is 31.9 Å². The average molecular weight is 339 g/mol. The number of aromatic nitrogens is 4. The minimum atomic E-state index is -0.0895. The van der Waals surface area contributed by atoms with E-state index in [2.05, 4.69) is 20.6 Å². The second kappa shape index (κ2) is 5.98. The standard InChI is InChI=1S/C18H21N5O2/c1-10-14(9-23(3)21-10)15-8-13(16-11(2)22-25-18(16)20-15)17(24)19-12-6-4-5-7-12/h8-9,12H,4-7H2,1-3H3,(H,19,24). The van der Waals surface area contributed by atoms with Crippen LogP contribution in [0.5, 0.6) is 0 Å². The molecule has 25 heavy (non-hydrogen) atoms. The first kappa shape index (κ1) is 15.8. The van der Waals surface area contributed by atoms with Crippen molar-refractivity contribution in [3.63, 3.8) is 0 Å². The number of nitrogens with one attached hydrogen (secondary N) is 1. The summed E-state index contributed by atoms with van der Waals surface area (Å²) in [5.41, 5.74) is 4.03. The summed E-state index contributed by atoms with van der Waals surface area (Å²) in [4.78, 5) is 17.5. The molecular formula is C18H21N5O2. The topological polar surface area (TPSA) is 85.8 Å². The number of carbonyl (C=O) groups excluding carboxylic acids is 1. The molecule has 3 aromatic rings. The first-order valence-corrected chi connectivity index (χ1v) is 8.61. The van der Waals surface area contributed by atoms with Crippen LogP contribution in [0.1, 0.15) is 47.4 Å². The number of pyridine rings is 1. The minimum absolute atomic E-state index is 0.0895. The zero-order valence-corrected chi connectivity index (χ0v) is 14.7. The molecule has 1 N–H and O–H groups in total. The van der Waals surface area contributed by atoms with E-state index in [1.165, 1.54) is 12.8 Å². The second-order valence-corrected chi connectivity index (χ2v) is 6.76. The van der Waals surface area contributed by atoms with E-state index in [1.54, 1.807) is 4.68 Å². The monoisotopic (exact) mass is 339 g/mol. The van der Waals surface area contributed by atoms with Crippen molar-refractivity contribution >= 4 is 17.0 Å². The van der Waals surface area contributed by atoms with Crippen molar-refractivity contribution in [2.24, 2.45) is 7.05 Å². The molecule has 3 aromatic heterocycles. The van der Waals surface area contributed by atoms with Crippen LogP contribution in [0.25, 0.3) is 22.4 Å². The average Bonchev–Trinajstić information content (AvgIpc) is 3.28. The number of nitrogens with zero attached hydrogens (tertiary/aromatic N) is 4. The highest BCUT2D eigenvalue weighted by atomic mass is 16.5. The molecule has 0 unspecified atom stereocenters. The predicted octanol–water partition coefficient (Wildman–Crippen LogP) is 2.91. The summed E-state index contributed by atoms with van der Waals surface area (Å²) in [6.07, 6.45) is 6.31. The number of fused-ring (bicyclic) bond motifs is 1. The predicted molar refractivity (Wildman–Crippen MR) is 93.2 cm³/mol. The Morgan fingerprint density at radius 3 is 2.72 bits per heavy atom. The van der Waals surface area contributed by atoms with Crippen molar-refractivity contribution in [2.45, 2.75) is 45.6 Å². The zero-order chi connectivity index (χ0) is 17.6. The Hall–Kier alpha value is -2.70. The number of hydrogen-bond donors (Lipinski definition) is 1. The number of rotatable bonds is 3. The summed E-state index contributed by atoms with van der Waals surface area (Å²) < 4.78 is 7.09. The fraction of sp³-hybridized carbons (Fsp3) is 0.444. The number of amides is 1. The Labute approximate surface area is 145 Å². The van der Waals surface area contributed by atoms with E-state index >= 15 is 0 Å². The van der Waals surface area contributed by atoms with E-state index in [0.29, 0.717) is 28.1 Å². The van der Waals surface area contributed by atoms with E-state index in [4.69, 9.17) is 4.52 Å². The Morgan fingerprint density at radius 2 is 2.04 bits per heavy atom. The molecular weight excluding hydrogens is 318 g/mol. The van der Waals surface area contributed by atoms with Crippen LogP contribution < -0.4 is 5.32 Å². The largest absolute Gasteiger partial charge is 0.349 e. The van der Waals surface area contributed by atoms with Gasteiger partial charge in [0, 0.05) is 24.8 Å². The van der Waals surface area contributed by atoms with Crippen LogP contribution in [0.4, 0.5) is 0 Å². The molecule has 1 saturated carbocycles. The minimum Gasteiger partial charge on any atom is -0.349 e. The zero-order valence-electron chi connectivity index (χ0n) is 14.7. The Kier molecular flexibility index (Phi) is 3.78. The maximum atomic E-state index is 12.9. The fourth-order valence-corrected chi connectivity index (χ4v) is 3.60. The normalized spacial score (nSPS) is 15.2. The maximum Gasteiger partial charge on any atom is 0.259 e. The highest BCUT2D eigenvalue weighted by Crippen LogP contribution is 2.29. The molecule has 1 aliphatic carbocycles. The molecule has 0 bridgehead atoms. The first-order chi connectivity index (χ1) is 12.0. The van der Waals surface area contributed by atoms with Crippen LogP contribution in [0.3, 0.4) is 0 Å². The summed E-state index contributed by atoms with van der Waals surface area (Å²) in [6.45, 7) is 3.75. The number of carbonyl (C=O) groups is 1. The van der Waals surface area contributed by atoms with E-state index in [0.717, 1.165) is 24.1 Å².